The zero-order chi connectivity index (χ0) is 19.6. The van der Waals surface area contributed by atoms with Gasteiger partial charge in [-0.15, -0.1) is 0 Å². The maximum absolute atomic E-state index is 12.1. The molecule has 2 atom stereocenters. The molecule has 0 spiro atoms. The number of rotatable bonds is 10. The molecule has 0 unspecified atom stereocenters. The van der Waals surface area contributed by atoms with Crippen LogP contribution in [0.1, 0.15) is 12.8 Å². The van der Waals surface area contributed by atoms with E-state index in [4.69, 9.17) is 0 Å². The van der Waals surface area contributed by atoms with E-state index in [9.17, 15) is 27.6 Å². The Morgan fingerprint density at radius 3 is 1.28 bits per heavy atom. The van der Waals surface area contributed by atoms with Crippen LogP contribution in [0.2, 0.25) is 0 Å². The molecule has 0 saturated carbocycles. The lowest BCUT2D eigenvalue weighted by Gasteiger charge is -2.19. The molecule has 0 fully saturated rings. The van der Waals surface area contributed by atoms with Crippen molar-refractivity contribution in [2.75, 3.05) is 28.4 Å². The highest BCUT2D eigenvalue weighted by Crippen LogP contribution is 2.03. The Labute approximate surface area is 144 Å². The summed E-state index contributed by atoms with van der Waals surface area (Å²) in [4.78, 5) is 45.7. The molecule has 0 bridgehead atoms. The molecule has 0 heterocycles. The molecule has 0 aliphatic rings. The van der Waals surface area contributed by atoms with Gasteiger partial charge >= 0.3 is 23.9 Å². The minimum absolute atomic E-state index is 0.649. The highest BCUT2D eigenvalue weighted by Gasteiger charge is 2.32. The number of esters is 4. The van der Waals surface area contributed by atoms with Crippen LogP contribution in [0.15, 0.2) is 0 Å². The van der Waals surface area contributed by atoms with Gasteiger partial charge in [-0.1, -0.05) is 0 Å². The first kappa shape index (κ1) is 22.8. The van der Waals surface area contributed by atoms with E-state index in [0.717, 1.165) is 28.4 Å². The smallest absolute Gasteiger partial charge is 0.324 e. The summed E-state index contributed by atoms with van der Waals surface area (Å²) in [5.74, 6) is -3.87. The van der Waals surface area contributed by atoms with Gasteiger partial charge in [0.2, 0.25) is 0 Å². The van der Waals surface area contributed by atoms with Crippen molar-refractivity contribution in [1.82, 2.24) is 9.44 Å². The average Bonchev–Trinajstić information content (AvgIpc) is 2.58. The van der Waals surface area contributed by atoms with Crippen molar-refractivity contribution in [2.45, 2.75) is 24.9 Å². The third kappa shape index (κ3) is 8.42. The Morgan fingerprint density at radius 1 is 0.720 bits per heavy atom. The van der Waals surface area contributed by atoms with Crippen LogP contribution in [0.5, 0.6) is 0 Å². The normalized spacial score (nSPS) is 13.3. The number of carbonyl (C=O) groups is 4. The molecule has 25 heavy (non-hydrogen) atoms. The van der Waals surface area contributed by atoms with E-state index in [1.54, 1.807) is 0 Å². The number of ether oxygens (including phenoxy) is 4. The fraction of sp³-hybridized carbons (Fsp3) is 0.667. The van der Waals surface area contributed by atoms with Crippen LogP contribution in [0, 0.1) is 0 Å². The number of nitrogens with one attached hydrogen (secondary N) is 2. The van der Waals surface area contributed by atoms with E-state index in [0.29, 0.717) is 0 Å². The maximum atomic E-state index is 12.1. The highest BCUT2D eigenvalue weighted by molar-refractivity contribution is 7.87. The SMILES string of the molecule is COC(=O)C[C@H](NS(=O)(=O)N[C@@H](CC(=O)OC)C(=O)OC)C(=O)OC. The molecule has 13 heteroatoms. The van der Waals surface area contributed by atoms with Crippen LogP contribution >= 0.6 is 0 Å². The lowest BCUT2D eigenvalue weighted by Crippen LogP contribution is -2.52. The molecule has 0 amide bonds. The molecular formula is C12H20N2O10S. The fourth-order valence-electron chi connectivity index (χ4n) is 1.54. The topological polar surface area (TPSA) is 163 Å². The Kier molecular flexibility index (Phi) is 9.63. The van der Waals surface area contributed by atoms with Crippen molar-refractivity contribution in [3.63, 3.8) is 0 Å². The number of carbonyl (C=O) groups excluding carboxylic acids is 4. The van der Waals surface area contributed by atoms with Gasteiger partial charge in [0, 0.05) is 0 Å². The lowest BCUT2D eigenvalue weighted by molar-refractivity contribution is -0.149. The van der Waals surface area contributed by atoms with E-state index in [1.165, 1.54) is 0 Å². The van der Waals surface area contributed by atoms with Gasteiger partial charge in [0.25, 0.3) is 10.2 Å². The first-order valence-corrected chi connectivity index (χ1v) is 8.17. The van der Waals surface area contributed by atoms with Gasteiger partial charge in [0.05, 0.1) is 41.3 Å². The number of hydrogen-bond acceptors (Lipinski definition) is 10. The zero-order valence-corrected chi connectivity index (χ0v) is 14.9. The summed E-state index contributed by atoms with van der Waals surface area (Å²) in [6.45, 7) is 0. The van der Waals surface area contributed by atoms with Crippen LogP contribution < -0.4 is 9.44 Å². The molecule has 144 valence electrons. The van der Waals surface area contributed by atoms with Gasteiger partial charge in [0.1, 0.15) is 12.1 Å². The van der Waals surface area contributed by atoms with E-state index in [-0.39, 0.29) is 0 Å². The Hall–Kier alpha value is -2.25. The Morgan fingerprint density at radius 2 is 1.04 bits per heavy atom. The molecule has 0 rings (SSSR count). The summed E-state index contributed by atoms with van der Waals surface area (Å²) in [5.41, 5.74) is 0. The van der Waals surface area contributed by atoms with E-state index < -0.39 is 59.0 Å². The monoisotopic (exact) mass is 384 g/mol. The second-order valence-electron chi connectivity index (χ2n) is 4.45. The second-order valence-corrected chi connectivity index (χ2v) is 5.93. The van der Waals surface area contributed by atoms with Crippen molar-refractivity contribution in [1.29, 1.82) is 0 Å². The predicted molar refractivity (Wildman–Crippen MR) is 80.1 cm³/mol. The molecule has 2 N–H and O–H groups in total. The molecule has 0 saturated heterocycles. The van der Waals surface area contributed by atoms with Crippen LogP contribution in [-0.4, -0.2) is 72.8 Å². The molecular weight excluding hydrogens is 364 g/mol. The van der Waals surface area contributed by atoms with Gasteiger partial charge < -0.3 is 18.9 Å². The third-order valence-electron chi connectivity index (χ3n) is 2.76. The Bertz CT molecular complexity index is 557. The largest absolute Gasteiger partial charge is 0.469 e. The lowest BCUT2D eigenvalue weighted by atomic mass is 10.2. The fourth-order valence-corrected chi connectivity index (χ4v) is 2.72. The molecule has 12 nitrogen and oxygen atoms in total. The summed E-state index contributed by atoms with van der Waals surface area (Å²) in [5, 5.41) is 0. The molecule has 0 radical (unpaired) electrons. The molecule has 0 aromatic heterocycles. The van der Waals surface area contributed by atoms with Crippen LogP contribution in [0.3, 0.4) is 0 Å². The van der Waals surface area contributed by atoms with Crippen molar-refractivity contribution in [2.24, 2.45) is 0 Å². The average molecular weight is 384 g/mol. The van der Waals surface area contributed by atoms with Gasteiger partial charge in [-0.05, 0) is 0 Å². The van der Waals surface area contributed by atoms with Crippen molar-refractivity contribution < 1.29 is 46.5 Å². The summed E-state index contributed by atoms with van der Waals surface area (Å²) < 4.78 is 45.3. The van der Waals surface area contributed by atoms with E-state index >= 15 is 0 Å². The van der Waals surface area contributed by atoms with Crippen molar-refractivity contribution in [3.8, 4) is 0 Å². The van der Waals surface area contributed by atoms with Crippen LogP contribution in [-0.2, 0) is 48.3 Å². The zero-order valence-electron chi connectivity index (χ0n) is 14.1. The predicted octanol–water partition coefficient (Wildman–Crippen LogP) is -2.38. The van der Waals surface area contributed by atoms with E-state index in [1.807, 2.05) is 9.44 Å². The number of methoxy groups -OCH3 is 4. The van der Waals surface area contributed by atoms with Crippen LogP contribution in [0.25, 0.3) is 0 Å². The summed E-state index contributed by atoms with van der Waals surface area (Å²) in [7, 11) is -0.440. The van der Waals surface area contributed by atoms with Gasteiger partial charge in [-0.3, -0.25) is 19.2 Å². The number of hydrogen-bond donors (Lipinski definition) is 2. The molecule has 0 aromatic rings. The summed E-state index contributed by atoms with van der Waals surface area (Å²) in [6.07, 6.45) is -1.30. The summed E-state index contributed by atoms with van der Waals surface area (Å²) in [6, 6.07) is -3.21. The minimum Gasteiger partial charge on any atom is -0.469 e. The Balaban J connectivity index is 5.26. The first-order chi connectivity index (χ1) is 11.6. The maximum Gasteiger partial charge on any atom is 0.324 e. The molecule has 0 aliphatic heterocycles. The van der Waals surface area contributed by atoms with Gasteiger partial charge in [-0.25, -0.2) is 0 Å². The highest BCUT2D eigenvalue weighted by atomic mass is 32.2. The quantitative estimate of drug-likeness (QED) is 0.307. The van der Waals surface area contributed by atoms with Crippen molar-refractivity contribution >= 4 is 34.1 Å². The standard InChI is InChI=1S/C12H20N2O10S/c1-21-9(15)5-7(11(17)23-3)13-25(19,20)14-8(12(18)24-4)6-10(16)22-2/h7-8,13-14H,5-6H2,1-4H3/t7-,8-/m0/s1. The van der Waals surface area contributed by atoms with E-state index in [2.05, 4.69) is 18.9 Å². The minimum atomic E-state index is -4.52. The van der Waals surface area contributed by atoms with Crippen molar-refractivity contribution in [3.05, 3.63) is 0 Å². The van der Waals surface area contributed by atoms with Crippen LogP contribution in [0.4, 0.5) is 0 Å². The summed E-state index contributed by atoms with van der Waals surface area (Å²) >= 11 is 0. The second kappa shape index (κ2) is 10.6. The third-order valence-corrected chi connectivity index (χ3v) is 3.95. The molecule has 0 aromatic carbocycles. The first-order valence-electron chi connectivity index (χ1n) is 6.69. The van der Waals surface area contributed by atoms with Gasteiger partial charge in [-0.2, -0.15) is 17.9 Å². The molecule has 0 aliphatic carbocycles. The van der Waals surface area contributed by atoms with Gasteiger partial charge in [0.15, 0.2) is 0 Å².